The molecule has 0 saturated carbocycles. The molecule has 1 N–H and O–H groups in total. The maximum atomic E-state index is 12.8. The summed E-state index contributed by atoms with van der Waals surface area (Å²) in [7, 11) is 3.98. The van der Waals surface area contributed by atoms with Crippen molar-refractivity contribution >= 4 is 22.9 Å². The lowest BCUT2D eigenvalue weighted by Gasteiger charge is -2.18. The average molecular weight is 428 g/mol. The third-order valence-corrected chi connectivity index (χ3v) is 5.49. The first kappa shape index (κ1) is 19.9. The highest BCUT2D eigenvalue weighted by atomic mass is 16.6. The largest absolute Gasteiger partial charge is 0.486 e. The Bertz CT molecular complexity index is 1330. The van der Waals surface area contributed by atoms with Gasteiger partial charge in [-0.15, -0.1) is 0 Å². The first-order valence-electron chi connectivity index (χ1n) is 10.5. The lowest BCUT2D eigenvalue weighted by atomic mass is 10.1. The minimum absolute atomic E-state index is 0.148. The van der Waals surface area contributed by atoms with E-state index in [1.165, 1.54) is 0 Å². The van der Waals surface area contributed by atoms with Crippen LogP contribution in [-0.2, 0) is 0 Å². The maximum Gasteiger partial charge on any atom is 0.255 e. The Balaban J connectivity index is 1.38. The van der Waals surface area contributed by atoms with Crippen molar-refractivity contribution in [3.63, 3.8) is 0 Å². The Kier molecular flexibility index (Phi) is 4.93. The fourth-order valence-electron chi connectivity index (χ4n) is 3.91. The molecule has 0 spiro atoms. The van der Waals surface area contributed by atoms with Gasteiger partial charge in [0.1, 0.15) is 18.9 Å². The number of anilines is 2. The predicted molar refractivity (Wildman–Crippen MR) is 125 cm³/mol. The van der Waals surface area contributed by atoms with E-state index in [2.05, 4.69) is 5.32 Å². The number of rotatable bonds is 4. The van der Waals surface area contributed by atoms with Crippen molar-refractivity contribution < 1.29 is 14.3 Å². The topological polar surface area (TPSA) is 68.1 Å². The molecule has 0 bridgehead atoms. The number of hydrogen-bond donors (Lipinski definition) is 1. The summed E-state index contributed by atoms with van der Waals surface area (Å²) in [4.78, 5) is 19.5. The van der Waals surface area contributed by atoms with Gasteiger partial charge in [0.25, 0.3) is 5.91 Å². The van der Waals surface area contributed by atoms with Crippen LogP contribution < -0.4 is 19.7 Å². The van der Waals surface area contributed by atoms with Crippen molar-refractivity contribution in [1.82, 2.24) is 9.38 Å². The summed E-state index contributed by atoms with van der Waals surface area (Å²) < 4.78 is 13.2. The summed E-state index contributed by atoms with van der Waals surface area (Å²) in [6, 6.07) is 15.3. The van der Waals surface area contributed by atoms with Crippen LogP contribution in [0.1, 0.15) is 15.9 Å². The van der Waals surface area contributed by atoms with Gasteiger partial charge in [0.15, 0.2) is 11.5 Å². The number of aryl methyl sites for hydroxylation is 1. The zero-order valence-electron chi connectivity index (χ0n) is 18.3. The van der Waals surface area contributed by atoms with Gasteiger partial charge in [-0.1, -0.05) is 0 Å². The molecule has 3 heterocycles. The van der Waals surface area contributed by atoms with Crippen LogP contribution in [0.4, 0.5) is 11.4 Å². The number of hydrogen-bond acceptors (Lipinski definition) is 5. The van der Waals surface area contributed by atoms with E-state index >= 15 is 0 Å². The first-order chi connectivity index (χ1) is 15.5. The van der Waals surface area contributed by atoms with E-state index in [9.17, 15) is 4.79 Å². The lowest BCUT2D eigenvalue weighted by molar-refractivity contribution is 0.102. The molecule has 0 fully saturated rings. The molecular formula is C25H24N4O3. The van der Waals surface area contributed by atoms with Crippen LogP contribution in [0.2, 0.25) is 0 Å². The fourth-order valence-corrected chi connectivity index (χ4v) is 3.91. The number of nitrogens with zero attached hydrogens (tertiary/aromatic N) is 3. The molecule has 162 valence electrons. The quantitative estimate of drug-likeness (QED) is 0.522. The van der Waals surface area contributed by atoms with Gasteiger partial charge in [-0.3, -0.25) is 4.79 Å². The van der Waals surface area contributed by atoms with E-state index in [0.717, 1.165) is 39.7 Å². The predicted octanol–water partition coefficient (Wildman–Crippen LogP) is 4.40. The summed E-state index contributed by atoms with van der Waals surface area (Å²) in [6.45, 7) is 3.11. The van der Waals surface area contributed by atoms with Gasteiger partial charge in [-0.05, 0) is 61.0 Å². The first-order valence-corrected chi connectivity index (χ1v) is 10.5. The van der Waals surface area contributed by atoms with Crippen LogP contribution in [0.3, 0.4) is 0 Å². The van der Waals surface area contributed by atoms with Gasteiger partial charge in [0, 0.05) is 43.3 Å². The molecular weight excluding hydrogens is 404 g/mol. The zero-order valence-corrected chi connectivity index (χ0v) is 18.3. The van der Waals surface area contributed by atoms with Crippen LogP contribution in [0.15, 0.2) is 60.9 Å². The summed E-state index contributed by atoms with van der Waals surface area (Å²) in [5.74, 6) is 1.34. The summed E-state index contributed by atoms with van der Waals surface area (Å²) >= 11 is 0. The molecule has 1 aliphatic heterocycles. The van der Waals surface area contributed by atoms with Gasteiger partial charge < -0.3 is 24.1 Å². The number of nitrogens with one attached hydrogen (secondary N) is 1. The van der Waals surface area contributed by atoms with Crippen LogP contribution >= 0.6 is 0 Å². The Labute approximate surface area is 186 Å². The number of amides is 1. The number of benzene rings is 2. The number of aromatic nitrogens is 2. The van der Waals surface area contributed by atoms with Gasteiger partial charge in [-0.2, -0.15) is 0 Å². The smallest absolute Gasteiger partial charge is 0.255 e. The van der Waals surface area contributed by atoms with Crippen LogP contribution in [0.5, 0.6) is 11.5 Å². The molecule has 2 aromatic carbocycles. The van der Waals surface area contributed by atoms with E-state index in [4.69, 9.17) is 14.5 Å². The highest BCUT2D eigenvalue weighted by Crippen LogP contribution is 2.34. The van der Waals surface area contributed by atoms with E-state index in [1.54, 1.807) is 0 Å². The fraction of sp³-hybridized carbons (Fsp3) is 0.200. The minimum atomic E-state index is -0.148. The van der Waals surface area contributed by atoms with Crippen LogP contribution in [-0.4, -0.2) is 42.6 Å². The molecule has 0 saturated heterocycles. The molecule has 1 amide bonds. The molecule has 0 radical (unpaired) electrons. The van der Waals surface area contributed by atoms with Crippen molar-refractivity contribution in [2.24, 2.45) is 0 Å². The second-order valence-corrected chi connectivity index (χ2v) is 8.02. The normalized spacial score (nSPS) is 12.6. The number of carbonyl (C=O) groups is 1. The molecule has 1 aliphatic rings. The average Bonchev–Trinajstić information content (AvgIpc) is 3.22. The molecule has 32 heavy (non-hydrogen) atoms. The van der Waals surface area contributed by atoms with E-state index in [-0.39, 0.29) is 5.91 Å². The van der Waals surface area contributed by atoms with Gasteiger partial charge in [-0.25, -0.2) is 4.98 Å². The van der Waals surface area contributed by atoms with Gasteiger partial charge >= 0.3 is 0 Å². The molecule has 0 atom stereocenters. The number of fused-ring (bicyclic) bond motifs is 2. The Morgan fingerprint density at radius 3 is 2.59 bits per heavy atom. The molecule has 4 aromatic rings. The molecule has 0 aliphatic carbocycles. The van der Waals surface area contributed by atoms with Crippen molar-refractivity contribution in [3.8, 4) is 22.8 Å². The second kappa shape index (κ2) is 7.92. The molecule has 7 heteroatoms. The highest BCUT2D eigenvalue weighted by Gasteiger charge is 2.14. The Hall–Kier alpha value is -4.00. The van der Waals surface area contributed by atoms with E-state index in [1.807, 2.05) is 91.2 Å². The number of pyridine rings is 1. The monoisotopic (exact) mass is 428 g/mol. The Morgan fingerprint density at radius 1 is 1.00 bits per heavy atom. The second-order valence-electron chi connectivity index (χ2n) is 8.02. The number of ether oxygens (including phenoxy) is 2. The maximum absolute atomic E-state index is 12.8. The Morgan fingerprint density at radius 2 is 1.81 bits per heavy atom. The minimum Gasteiger partial charge on any atom is -0.486 e. The molecule has 7 nitrogen and oxygen atoms in total. The highest BCUT2D eigenvalue weighted by molar-refractivity contribution is 6.04. The zero-order chi connectivity index (χ0) is 22.2. The van der Waals surface area contributed by atoms with Crippen LogP contribution in [0.25, 0.3) is 16.9 Å². The third-order valence-electron chi connectivity index (χ3n) is 5.49. The molecule has 0 unspecified atom stereocenters. The van der Waals surface area contributed by atoms with Gasteiger partial charge in [0.2, 0.25) is 0 Å². The number of imidazole rings is 1. The number of carbonyl (C=O) groups excluding carboxylic acids is 1. The van der Waals surface area contributed by atoms with Crippen molar-refractivity contribution in [3.05, 3.63) is 72.1 Å². The van der Waals surface area contributed by atoms with Crippen molar-refractivity contribution in [2.75, 3.05) is 37.5 Å². The summed E-state index contributed by atoms with van der Waals surface area (Å²) in [5, 5.41) is 2.98. The van der Waals surface area contributed by atoms with Crippen molar-refractivity contribution in [1.29, 1.82) is 0 Å². The lowest BCUT2D eigenvalue weighted by Crippen LogP contribution is -2.15. The standard InChI is InChI=1S/C25H24N4O3/c1-16-12-18(4-7-21(16)28(2)3)25(30)26-19-6-9-24-27-20(15-29(24)14-19)17-5-8-22-23(13-17)32-11-10-31-22/h4-9,12-15H,10-11H2,1-3H3,(H,26,30). The SMILES string of the molecule is Cc1cc(C(=O)Nc2ccc3nc(-c4ccc5c(c4)OCCO5)cn3c2)ccc1N(C)C. The van der Waals surface area contributed by atoms with E-state index < -0.39 is 0 Å². The molecule has 5 rings (SSSR count). The van der Waals surface area contributed by atoms with Crippen LogP contribution in [0, 0.1) is 6.92 Å². The third kappa shape index (κ3) is 3.73. The molecule has 2 aromatic heterocycles. The summed E-state index contributed by atoms with van der Waals surface area (Å²) in [5.41, 5.74) is 6.02. The van der Waals surface area contributed by atoms with Gasteiger partial charge in [0.05, 0.1) is 11.4 Å². The van der Waals surface area contributed by atoms with E-state index in [0.29, 0.717) is 24.5 Å². The summed E-state index contributed by atoms with van der Waals surface area (Å²) in [6.07, 6.45) is 3.80. The van der Waals surface area contributed by atoms with Crippen molar-refractivity contribution in [2.45, 2.75) is 6.92 Å².